The largest absolute Gasteiger partial charge is 0.351 e. The number of likely N-dealkylation sites (tertiary alicyclic amines) is 2. The fourth-order valence-electron chi connectivity index (χ4n) is 6.43. The van der Waals surface area contributed by atoms with Crippen molar-refractivity contribution in [1.82, 2.24) is 14.7 Å². The monoisotopic (exact) mass is 637 g/mol. The zero-order valence-corrected chi connectivity index (χ0v) is 28.6. The van der Waals surface area contributed by atoms with Gasteiger partial charge in [0, 0.05) is 32.6 Å². The molecule has 4 rings (SSSR count). The van der Waals surface area contributed by atoms with Gasteiger partial charge in [0.1, 0.15) is 0 Å². The Hall–Kier alpha value is -1.79. The van der Waals surface area contributed by atoms with Crippen molar-refractivity contribution in [2.24, 2.45) is 11.8 Å². The number of hydrogen-bond donors (Lipinski definition) is 0. The summed E-state index contributed by atoms with van der Waals surface area (Å²) in [5.74, 6) is 1.84. The minimum absolute atomic E-state index is 0. The smallest absolute Gasteiger partial charge is 0.227 e. The molecule has 8 heteroatoms. The van der Waals surface area contributed by atoms with Crippen LogP contribution in [0, 0.1) is 25.7 Å². The molecule has 2 aromatic carbocycles. The molecule has 234 valence electrons. The molecule has 0 saturated carbocycles. The molecule has 2 saturated heterocycles. The van der Waals surface area contributed by atoms with Crippen molar-refractivity contribution in [2.75, 3.05) is 46.8 Å². The van der Waals surface area contributed by atoms with Crippen molar-refractivity contribution in [1.29, 1.82) is 0 Å². The summed E-state index contributed by atoms with van der Waals surface area (Å²) in [6.45, 7) is 13.9. The number of rotatable bonds is 8. The summed E-state index contributed by atoms with van der Waals surface area (Å²) in [6.07, 6.45) is 6.90. The number of carbonyl (C=O) groups is 2. The van der Waals surface area contributed by atoms with Gasteiger partial charge < -0.3 is 14.7 Å². The van der Waals surface area contributed by atoms with Gasteiger partial charge in [-0.1, -0.05) is 72.4 Å². The first kappa shape index (κ1) is 36.4. The van der Waals surface area contributed by atoms with E-state index in [1.54, 1.807) is 14.1 Å². The normalized spacial score (nSPS) is 19.5. The summed E-state index contributed by atoms with van der Waals surface area (Å²) in [6, 6.07) is 12.5. The van der Waals surface area contributed by atoms with Crippen LogP contribution in [0.2, 0.25) is 10.0 Å². The lowest BCUT2D eigenvalue weighted by Crippen LogP contribution is -2.50. The predicted octanol–water partition coefficient (Wildman–Crippen LogP) is 7.60. The summed E-state index contributed by atoms with van der Waals surface area (Å²) in [7, 11) is 3.38. The third-order valence-electron chi connectivity index (χ3n) is 8.79. The Labute approximate surface area is 270 Å². The first-order valence-corrected chi connectivity index (χ1v) is 15.8. The molecular formula is C34H50Cl3N3O2. The van der Waals surface area contributed by atoms with Gasteiger partial charge in [-0.25, -0.2) is 0 Å². The van der Waals surface area contributed by atoms with Crippen LogP contribution in [0.5, 0.6) is 0 Å². The van der Waals surface area contributed by atoms with Crippen LogP contribution in [0.1, 0.15) is 68.2 Å². The Morgan fingerprint density at radius 2 is 1.64 bits per heavy atom. The third kappa shape index (κ3) is 10.4. The van der Waals surface area contributed by atoms with Gasteiger partial charge in [-0.05, 0) is 101 Å². The Bertz CT molecular complexity index is 1140. The van der Waals surface area contributed by atoms with Gasteiger partial charge >= 0.3 is 0 Å². The van der Waals surface area contributed by atoms with Crippen molar-refractivity contribution in [2.45, 2.75) is 71.6 Å². The number of nitrogens with zero attached hydrogens (tertiary/aromatic N) is 3. The van der Waals surface area contributed by atoms with E-state index in [4.69, 9.17) is 23.2 Å². The molecule has 42 heavy (non-hydrogen) atoms. The molecule has 2 heterocycles. The number of amides is 2. The molecule has 2 aromatic rings. The van der Waals surface area contributed by atoms with Crippen LogP contribution in [0.15, 0.2) is 36.4 Å². The molecule has 5 nitrogen and oxygen atoms in total. The Kier molecular flexibility index (Phi) is 14.6. The lowest BCUT2D eigenvalue weighted by Gasteiger charge is -2.45. The fourth-order valence-corrected chi connectivity index (χ4v) is 6.73. The van der Waals surface area contributed by atoms with E-state index in [0.29, 0.717) is 16.5 Å². The van der Waals surface area contributed by atoms with Gasteiger partial charge in [-0.2, -0.15) is 0 Å². The van der Waals surface area contributed by atoms with Crippen LogP contribution in [-0.4, -0.2) is 73.8 Å². The highest BCUT2D eigenvalue weighted by Crippen LogP contribution is 2.40. The molecule has 1 atom stereocenters. The summed E-state index contributed by atoms with van der Waals surface area (Å²) < 4.78 is 0. The van der Waals surface area contributed by atoms with Crippen LogP contribution in [0.25, 0.3) is 0 Å². The van der Waals surface area contributed by atoms with E-state index < -0.39 is 0 Å². The molecule has 2 aliphatic rings. The van der Waals surface area contributed by atoms with E-state index in [0.717, 1.165) is 62.7 Å². The fraction of sp³-hybridized carbons (Fsp3) is 0.588. The standard InChI is InChI=1S/C31H42Cl2N2O.C3H7NO.ClH/c1-22(2)26-8-13-34(14-9-26)15-11-31(27-6-7-28(32)29(33)20-27)10-5-12-35(21-31)30(36)19-25-17-23(3)16-24(4)18-25;1-4(2)3-5;/h6-7,16-18,20,22,26H,5,8-15,19,21H2,1-4H3;3H,1-2H3;1H. The highest BCUT2D eigenvalue weighted by molar-refractivity contribution is 6.42. The highest BCUT2D eigenvalue weighted by Gasteiger charge is 2.39. The lowest BCUT2D eigenvalue weighted by molar-refractivity contribution is -0.132. The predicted molar refractivity (Wildman–Crippen MR) is 179 cm³/mol. The minimum atomic E-state index is -0.0977. The second kappa shape index (κ2) is 16.9. The molecule has 0 aliphatic carbocycles. The summed E-state index contributed by atoms with van der Waals surface area (Å²) in [5.41, 5.74) is 4.65. The van der Waals surface area contributed by atoms with Crippen molar-refractivity contribution in [3.63, 3.8) is 0 Å². The second-order valence-corrected chi connectivity index (χ2v) is 13.6. The van der Waals surface area contributed by atoms with Crippen LogP contribution in [0.3, 0.4) is 0 Å². The molecule has 2 aliphatic heterocycles. The topological polar surface area (TPSA) is 43.9 Å². The number of aryl methyl sites for hydroxylation is 2. The molecule has 0 N–H and O–H groups in total. The van der Waals surface area contributed by atoms with E-state index in [1.807, 2.05) is 12.1 Å². The van der Waals surface area contributed by atoms with Gasteiger partial charge in [-0.15, -0.1) is 12.4 Å². The summed E-state index contributed by atoms with van der Waals surface area (Å²) >= 11 is 12.8. The van der Waals surface area contributed by atoms with E-state index >= 15 is 0 Å². The van der Waals surface area contributed by atoms with E-state index in [-0.39, 0.29) is 23.7 Å². The summed E-state index contributed by atoms with van der Waals surface area (Å²) in [5, 5.41) is 1.19. The van der Waals surface area contributed by atoms with E-state index in [1.165, 1.54) is 47.5 Å². The van der Waals surface area contributed by atoms with Crippen LogP contribution in [-0.2, 0) is 21.4 Å². The molecule has 2 fully saturated rings. The molecule has 0 spiro atoms. The molecule has 1 unspecified atom stereocenters. The first-order chi connectivity index (χ1) is 19.4. The quantitative estimate of drug-likeness (QED) is 0.280. The average molecular weight is 639 g/mol. The minimum Gasteiger partial charge on any atom is -0.351 e. The molecule has 0 bridgehead atoms. The number of piperidine rings is 2. The summed E-state index contributed by atoms with van der Waals surface area (Å²) in [4.78, 5) is 29.1. The maximum absolute atomic E-state index is 13.5. The van der Waals surface area contributed by atoms with Crippen molar-refractivity contribution < 1.29 is 9.59 Å². The van der Waals surface area contributed by atoms with Crippen molar-refractivity contribution in [3.05, 3.63) is 68.7 Å². The van der Waals surface area contributed by atoms with Gasteiger partial charge in [0.05, 0.1) is 16.5 Å². The lowest BCUT2D eigenvalue weighted by atomic mass is 9.71. The maximum atomic E-state index is 13.5. The van der Waals surface area contributed by atoms with Gasteiger partial charge in [0.15, 0.2) is 0 Å². The van der Waals surface area contributed by atoms with E-state index in [9.17, 15) is 9.59 Å². The van der Waals surface area contributed by atoms with Gasteiger partial charge in [0.2, 0.25) is 12.3 Å². The van der Waals surface area contributed by atoms with Crippen molar-refractivity contribution >= 4 is 47.9 Å². The first-order valence-electron chi connectivity index (χ1n) is 15.1. The number of hydrogen-bond acceptors (Lipinski definition) is 3. The van der Waals surface area contributed by atoms with Gasteiger partial charge in [0.25, 0.3) is 0 Å². The third-order valence-corrected chi connectivity index (χ3v) is 9.53. The molecule has 0 aromatic heterocycles. The average Bonchev–Trinajstić information content (AvgIpc) is 2.93. The number of benzene rings is 2. The molecule has 0 radical (unpaired) electrons. The Morgan fingerprint density at radius 1 is 1.02 bits per heavy atom. The Morgan fingerprint density at radius 3 is 2.19 bits per heavy atom. The molecular weight excluding hydrogens is 589 g/mol. The maximum Gasteiger partial charge on any atom is 0.227 e. The zero-order valence-electron chi connectivity index (χ0n) is 26.3. The van der Waals surface area contributed by atoms with Crippen molar-refractivity contribution in [3.8, 4) is 0 Å². The van der Waals surface area contributed by atoms with Crippen LogP contribution >= 0.6 is 35.6 Å². The second-order valence-electron chi connectivity index (χ2n) is 12.7. The number of halogens is 3. The zero-order chi connectivity index (χ0) is 30.2. The number of carbonyl (C=O) groups excluding carboxylic acids is 2. The SMILES string of the molecule is CN(C)C=O.Cc1cc(C)cc(CC(=O)N2CCCC(CCN3CCC(C(C)C)CC3)(c3ccc(Cl)c(Cl)c3)C2)c1.Cl. The van der Waals surface area contributed by atoms with Gasteiger partial charge in [-0.3, -0.25) is 9.59 Å². The van der Waals surface area contributed by atoms with E-state index in [2.05, 4.69) is 61.8 Å². The Balaban J connectivity index is 0.000000947. The molecule has 2 amide bonds. The highest BCUT2D eigenvalue weighted by atomic mass is 35.5. The van der Waals surface area contributed by atoms with Crippen LogP contribution < -0.4 is 0 Å². The van der Waals surface area contributed by atoms with Crippen LogP contribution in [0.4, 0.5) is 0 Å².